The van der Waals surface area contributed by atoms with Gasteiger partial charge in [0.15, 0.2) is 5.96 Å². The van der Waals surface area contributed by atoms with Crippen molar-refractivity contribution in [3.63, 3.8) is 0 Å². The number of aliphatic imine (C=N–C) groups is 1. The summed E-state index contributed by atoms with van der Waals surface area (Å²) in [5.41, 5.74) is 5.64. The highest BCUT2D eigenvalue weighted by Crippen LogP contribution is 2.09. The monoisotopic (exact) mass is 312 g/mol. The van der Waals surface area contributed by atoms with Crippen LogP contribution in [0.3, 0.4) is 0 Å². The molecule has 21 heavy (non-hydrogen) atoms. The highest BCUT2D eigenvalue weighted by molar-refractivity contribution is 7.11. The van der Waals surface area contributed by atoms with Gasteiger partial charge in [0.25, 0.3) is 0 Å². The van der Waals surface area contributed by atoms with Crippen LogP contribution in [0.5, 0.6) is 0 Å². The Morgan fingerprint density at radius 1 is 1.33 bits per heavy atom. The molecule has 0 bridgehead atoms. The fraction of sp³-hybridized carbons (Fsp3) is 0.692. The summed E-state index contributed by atoms with van der Waals surface area (Å²) in [4.78, 5) is 15.6. The number of nitrogens with one attached hydrogen (secondary N) is 2. The molecule has 0 aromatic carbocycles. The fourth-order valence-electron chi connectivity index (χ4n) is 1.65. The first kappa shape index (κ1) is 17.4. The maximum atomic E-state index is 11.5. The van der Waals surface area contributed by atoms with Crippen LogP contribution < -0.4 is 16.4 Å². The predicted molar refractivity (Wildman–Crippen MR) is 85.5 cm³/mol. The van der Waals surface area contributed by atoms with Gasteiger partial charge in [-0.1, -0.05) is 19.8 Å². The van der Waals surface area contributed by atoms with E-state index in [9.17, 15) is 4.79 Å². The topological polar surface area (TPSA) is 105 Å². The molecule has 0 fully saturated rings. The second-order valence-electron chi connectivity index (χ2n) is 4.67. The summed E-state index contributed by atoms with van der Waals surface area (Å²) in [7, 11) is 0. The number of aryl methyl sites for hydroxylation is 2. The van der Waals surface area contributed by atoms with E-state index in [4.69, 9.17) is 5.73 Å². The molecule has 4 N–H and O–H groups in total. The third kappa shape index (κ3) is 8.23. The third-order valence-electron chi connectivity index (χ3n) is 2.71. The molecule has 0 radical (unpaired) electrons. The molecule has 0 saturated carbocycles. The van der Waals surface area contributed by atoms with Crippen molar-refractivity contribution in [1.29, 1.82) is 0 Å². The number of nitrogens with zero attached hydrogens (tertiary/aromatic N) is 3. The number of amides is 2. The minimum atomic E-state index is -0.299. The molecule has 2 amide bonds. The number of aromatic nitrogens is 2. The lowest BCUT2D eigenvalue weighted by molar-refractivity contribution is 0.245. The van der Waals surface area contributed by atoms with Crippen molar-refractivity contribution in [3.8, 4) is 0 Å². The molecular formula is C13H24N6OS. The van der Waals surface area contributed by atoms with Crippen LogP contribution in [0.25, 0.3) is 0 Å². The van der Waals surface area contributed by atoms with Crippen LogP contribution in [0, 0.1) is 6.92 Å². The van der Waals surface area contributed by atoms with Crippen molar-refractivity contribution in [3.05, 3.63) is 10.0 Å². The number of rotatable bonds is 8. The summed E-state index contributed by atoms with van der Waals surface area (Å²) >= 11 is 1.59. The molecule has 7 nitrogen and oxygen atoms in total. The highest BCUT2D eigenvalue weighted by Gasteiger charge is 2.02. The van der Waals surface area contributed by atoms with E-state index < -0.39 is 0 Å². The largest absolute Gasteiger partial charge is 0.370 e. The fourth-order valence-corrected chi connectivity index (χ4v) is 2.40. The quantitative estimate of drug-likeness (QED) is 0.385. The smallest absolute Gasteiger partial charge is 0.321 e. The zero-order valence-electron chi connectivity index (χ0n) is 12.7. The minimum absolute atomic E-state index is 0.149. The molecule has 1 aromatic rings. The van der Waals surface area contributed by atoms with Crippen molar-refractivity contribution >= 4 is 23.3 Å². The van der Waals surface area contributed by atoms with Gasteiger partial charge >= 0.3 is 6.03 Å². The van der Waals surface area contributed by atoms with Gasteiger partial charge in [-0.2, -0.15) is 0 Å². The molecule has 0 aliphatic carbocycles. The van der Waals surface area contributed by atoms with Gasteiger partial charge in [0.05, 0.1) is 0 Å². The maximum Gasteiger partial charge on any atom is 0.321 e. The Balaban J connectivity index is 2.13. The molecule has 1 rings (SSSR count). The molecule has 0 saturated heterocycles. The Bertz CT molecular complexity index is 459. The number of carbonyl (C=O) groups is 1. The van der Waals surface area contributed by atoms with Crippen molar-refractivity contribution in [2.45, 2.75) is 46.0 Å². The first-order chi connectivity index (χ1) is 10.1. The van der Waals surface area contributed by atoms with Crippen molar-refractivity contribution in [1.82, 2.24) is 20.8 Å². The van der Waals surface area contributed by atoms with Crippen LogP contribution in [0.1, 0.15) is 42.6 Å². The second kappa shape index (κ2) is 10.1. The lowest BCUT2D eigenvalue weighted by Crippen LogP contribution is -2.43. The van der Waals surface area contributed by atoms with Gasteiger partial charge in [-0.15, -0.1) is 21.5 Å². The maximum absolute atomic E-state index is 11.5. The Hall–Kier alpha value is -1.70. The Labute approximate surface area is 129 Å². The molecule has 0 aliphatic heterocycles. The normalized spacial score (nSPS) is 11.4. The van der Waals surface area contributed by atoms with Crippen molar-refractivity contribution in [2.75, 3.05) is 13.1 Å². The van der Waals surface area contributed by atoms with Gasteiger partial charge in [-0.3, -0.25) is 10.3 Å². The molecule has 1 aromatic heterocycles. The van der Waals surface area contributed by atoms with Gasteiger partial charge in [0, 0.05) is 19.5 Å². The average Bonchev–Trinajstić information content (AvgIpc) is 2.85. The van der Waals surface area contributed by atoms with Gasteiger partial charge in [-0.05, 0) is 19.8 Å². The summed E-state index contributed by atoms with van der Waals surface area (Å²) in [6.07, 6.45) is 4.86. The molecule has 0 spiro atoms. The number of urea groups is 1. The summed E-state index contributed by atoms with van der Waals surface area (Å²) < 4.78 is 0. The predicted octanol–water partition coefficient (Wildman–Crippen LogP) is 1.58. The number of nitrogens with two attached hydrogens (primary N) is 1. The van der Waals surface area contributed by atoms with Crippen LogP contribution in [0.15, 0.2) is 4.99 Å². The SMILES string of the molecule is CCCCCNC(=O)NC(N)=NCCCc1nnc(C)s1. The number of hydrogen-bond acceptors (Lipinski definition) is 5. The zero-order chi connectivity index (χ0) is 15.5. The molecule has 118 valence electrons. The van der Waals surface area contributed by atoms with Crippen LogP contribution in [-0.2, 0) is 6.42 Å². The van der Waals surface area contributed by atoms with Gasteiger partial charge < -0.3 is 11.1 Å². The Morgan fingerprint density at radius 3 is 2.81 bits per heavy atom. The van der Waals surface area contributed by atoms with Crippen LogP contribution >= 0.6 is 11.3 Å². The van der Waals surface area contributed by atoms with E-state index in [2.05, 4.69) is 32.7 Å². The summed E-state index contributed by atoms with van der Waals surface area (Å²) in [6.45, 7) is 5.26. The number of hydrogen-bond donors (Lipinski definition) is 3. The van der Waals surface area contributed by atoms with Gasteiger partial charge in [0.1, 0.15) is 10.0 Å². The van der Waals surface area contributed by atoms with Crippen molar-refractivity contribution in [2.24, 2.45) is 10.7 Å². The van der Waals surface area contributed by atoms with Crippen molar-refractivity contribution < 1.29 is 4.79 Å². The Kier molecular flexibility index (Phi) is 8.34. The minimum Gasteiger partial charge on any atom is -0.370 e. The molecule has 0 aliphatic rings. The van der Waals surface area contributed by atoms with E-state index in [1.165, 1.54) is 0 Å². The van der Waals surface area contributed by atoms with Crippen LogP contribution in [-0.4, -0.2) is 35.3 Å². The van der Waals surface area contributed by atoms with Crippen LogP contribution in [0.4, 0.5) is 4.79 Å². The third-order valence-corrected chi connectivity index (χ3v) is 3.60. The average molecular weight is 312 g/mol. The standard InChI is InChI=1S/C13H24N6OS/c1-3-4-5-8-16-13(20)17-12(14)15-9-6-7-11-19-18-10(2)21-11/h3-9H2,1-2H3,(H4,14,15,16,17,20). The molecule has 0 atom stereocenters. The van der Waals surface area contributed by atoms with E-state index in [0.717, 1.165) is 42.1 Å². The summed E-state index contributed by atoms with van der Waals surface area (Å²) in [6, 6.07) is -0.299. The Morgan fingerprint density at radius 2 is 2.14 bits per heavy atom. The summed E-state index contributed by atoms with van der Waals surface area (Å²) in [5.74, 6) is 0.149. The number of carbonyl (C=O) groups excluding carboxylic acids is 1. The lowest BCUT2D eigenvalue weighted by Gasteiger charge is -2.06. The lowest BCUT2D eigenvalue weighted by atomic mass is 10.2. The second-order valence-corrected chi connectivity index (χ2v) is 5.94. The number of unbranched alkanes of at least 4 members (excludes halogenated alkanes) is 2. The first-order valence-corrected chi connectivity index (χ1v) is 8.07. The highest BCUT2D eigenvalue weighted by atomic mass is 32.1. The molecule has 1 heterocycles. The molecular weight excluding hydrogens is 288 g/mol. The molecule has 8 heteroatoms. The van der Waals surface area contributed by atoms with Gasteiger partial charge in [-0.25, -0.2) is 4.79 Å². The molecule has 0 unspecified atom stereocenters. The van der Waals surface area contributed by atoms with E-state index in [1.54, 1.807) is 11.3 Å². The van der Waals surface area contributed by atoms with E-state index in [-0.39, 0.29) is 12.0 Å². The summed E-state index contributed by atoms with van der Waals surface area (Å²) in [5, 5.41) is 15.2. The van der Waals surface area contributed by atoms with E-state index >= 15 is 0 Å². The van der Waals surface area contributed by atoms with Gasteiger partial charge in [0.2, 0.25) is 0 Å². The zero-order valence-corrected chi connectivity index (χ0v) is 13.5. The van der Waals surface area contributed by atoms with Crippen LogP contribution in [0.2, 0.25) is 0 Å². The van der Waals surface area contributed by atoms with E-state index in [1.807, 2.05) is 6.92 Å². The van der Waals surface area contributed by atoms with E-state index in [0.29, 0.717) is 13.1 Å². The number of guanidine groups is 1. The first-order valence-electron chi connectivity index (χ1n) is 7.25.